The Labute approximate surface area is 105 Å². The minimum absolute atomic E-state index is 0. The van der Waals surface area contributed by atoms with Crippen LogP contribution in [0.25, 0.3) is 0 Å². The number of hydrogen-bond acceptors (Lipinski definition) is 2. The van der Waals surface area contributed by atoms with Gasteiger partial charge in [-0.15, -0.1) is 24.8 Å². The van der Waals surface area contributed by atoms with Crippen LogP contribution >= 0.6 is 24.8 Å². The van der Waals surface area contributed by atoms with E-state index in [9.17, 15) is 0 Å². The molecule has 0 aliphatic heterocycles. The molecule has 0 bridgehead atoms. The summed E-state index contributed by atoms with van der Waals surface area (Å²) in [5.74, 6) is 0. The van der Waals surface area contributed by atoms with Gasteiger partial charge in [-0.2, -0.15) is 0 Å². The van der Waals surface area contributed by atoms with E-state index in [1.807, 2.05) is 0 Å². The summed E-state index contributed by atoms with van der Waals surface area (Å²) in [5.41, 5.74) is 0. The second kappa shape index (κ2) is 170. The summed E-state index contributed by atoms with van der Waals surface area (Å²) >= 11 is 0. The molecule has 0 fully saturated rings. The molecule has 0 radical (unpaired) electrons. The molecular weight excluding hydrogens is 342 g/mol. The molecule has 0 amide bonds. The molecule has 0 unspecified atom stereocenters. The molecule has 0 atom stereocenters. The van der Waals surface area contributed by atoms with Gasteiger partial charge in [0, 0.05) is 0 Å². The molecule has 6 N–H and O–H groups in total. The SMILES string of the molecule is Cl.Cl.N.N.[Cl-].[Cl-].[Cl-].[Cl-].[Ru+6]. The molecule has 9 heavy (non-hydrogen) atoms. The molecule has 0 saturated heterocycles. The predicted molar refractivity (Wildman–Crippen MR) is 24.5 cm³/mol. The first kappa shape index (κ1) is 229. The van der Waals surface area contributed by atoms with Gasteiger partial charge in [0.15, 0.2) is 0 Å². The number of halogens is 6. The van der Waals surface area contributed by atoms with Gasteiger partial charge in [0.2, 0.25) is 0 Å². The number of rotatable bonds is 0. The van der Waals surface area contributed by atoms with Crippen LogP contribution in [0.5, 0.6) is 0 Å². The molecule has 0 aliphatic rings. The average Bonchev–Trinajstić information content (AvgIpc) is 0. The van der Waals surface area contributed by atoms with Crippen LogP contribution in [0.4, 0.5) is 0 Å². The van der Waals surface area contributed by atoms with Gasteiger partial charge in [-0.05, 0) is 0 Å². The topological polar surface area (TPSA) is 70.0 Å². The zero-order valence-electron chi connectivity index (χ0n) is 4.10. The molecule has 0 aromatic carbocycles. The molecule has 66 valence electrons. The van der Waals surface area contributed by atoms with E-state index in [0.717, 1.165) is 0 Å². The van der Waals surface area contributed by atoms with Crippen LogP contribution in [0.3, 0.4) is 0 Å². The summed E-state index contributed by atoms with van der Waals surface area (Å²) in [6, 6.07) is 0. The molecule has 2 nitrogen and oxygen atoms in total. The summed E-state index contributed by atoms with van der Waals surface area (Å²) in [5, 5.41) is 0. The summed E-state index contributed by atoms with van der Waals surface area (Å²) in [6.45, 7) is 0. The quantitative estimate of drug-likeness (QED) is 0.426. The van der Waals surface area contributed by atoms with E-state index in [1.165, 1.54) is 0 Å². The number of hydrogen-bond donors (Lipinski definition) is 2. The van der Waals surface area contributed by atoms with E-state index in [1.54, 1.807) is 0 Å². The third-order valence-corrected chi connectivity index (χ3v) is 0. The Bertz CT molecular complexity index is 11.0. The molecule has 0 spiro atoms. The van der Waals surface area contributed by atoms with E-state index in [-0.39, 0.29) is 106 Å². The Kier molecular flexibility index (Phi) is 4320. The van der Waals surface area contributed by atoms with E-state index in [2.05, 4.69) is 0 Å². The molecular formula is H8Cl6N2Ru+2. The first-order valence-corrected chi connectivity index (χ1v) is 0. The van der Waals surface area contributed by atoms with Crippen LogP contribution in [-0.4, -0.2) is 0 Å². The maximum absolute atomic E-state index is 0. The van der Waals surface area contributed by atoms with Gasteiger partial charge in [0.1, 0.15) is 0 Å². The van der Waals surface area contributed by atoms with E-state index >= 15 is 0 Å². The predicted octanol–water partition coefficient (Wildman–Crippen LogP) is -10.8. The normalized spacial score (nSPS) is 0. The van der Waals surface area contributed by atoms with Crippen molar-refractivity contribution in [3.05, 3.63) is 0 Å². The third-order valence-electron chi connectivity index (χ3n) is 0. The molecule has 0 aromatic heterocycles. The monoisotopic (exact) mass is 348 g/mol. The maximum atomic E-state index is 0. The van der Waals surface area contributed by atoms with Crippen molar-refractivity contribution in [2.75, 3.05) is 0 Å². The first-order chi connectivity index (χ1) is 0. The fourth-order valence-electron chi connectivity index (χ4n) is 0. The van der Waals surface area contributed by atoms with Crippen LogP contribution in [0.1, 0.15) is 0 Å². The van der Waals surface area contributed by atoms with Crippen molar-refractivity contribution in [2.45, 2.75) is 0 Å². The van der Waals surface area contributed by atoms with Gasteiger partial charge in [0.05, 0.1) is 0 Å². The van der Waals surface area contributed by atoms with Gasteiger partial charge in [-0.3, -0.25) is 0 Å². The van der Waals surface area contributed by atoms with Crippen molar-refractivity contribution in [1.29, 1.82) is 0 Å². The molecule has 9 heteroatoms. The van der Waals surface area contributed by atoms with E-state index in [0.29, 0.717) is 0 Å². The summed E-state index contributed by atoms with van der Waals surface area (Å²) in [7, 11) is 0. The second-order valence-electron chi connectivity index (χ2n) is 0. The largest absolute Gasteiger partial charge is 6.00 e. The van der Waals surface area contributed by atoms with Crippen molar-refractivity contribution in [3.8, 4) is 0 Å². The van der Waals surface area contributed by atoms with Crippen molar-refractivity contribution >= 4 is 24.8 Å². The van der Waals surface area contributed by atoms with Gasteiger partial charge in [-0.25, -0.2) is 0 Å². The summed E-state index contributed by atoms with van der Waals surface area (Å²) in [6.07, 6.45) is 0. The zero-order valence-corrected chi connectivity index (χ0v) is 10.5. The Balaban J connectivity index is 0. The van der Waals surface area contributed by atoms with Crippen LogP contribution in [-0.2, 0) is 19.5 Å². The van der Waals surface area contributed by atoms with Crippen LogP contribution < -0.4 is 61.9 Å². The van der Waals surface area contributed by atoms with Gasteiger partial charge in [-0.1, -0.05) is 0 Å². The van der Waals surface area contributed by atoms with Crippen molar-refractivity contribution < 1.29 is 69.1 Å². The minimum Gasteiger partial charge on any atom is -1.00 e. The van der Waals surface area contributed by atoms with E-state index in [4.69, 9.17) is 0 Å². The van der Waals surface area contributed by atoms with Crippen LogP contribution in [0.15, 0.2) is 0 Å². The average molecular weight is 350 g/mol. The van der Waals surface area contributed by atoms with Crippen molar-refractivity contribution in [3.63, 3.8) is 0 Å². The third kappa shape index (κ3) is 135. The molecule has 0 aliphatic carbocycles. The summed E-state index contributed by atoms with van der Waals surface area (Å²) < 4.78 is 0. The van der Waals surface area contributed by atoms with Gasteiger partial charge in [0.25, 0.3) is 0 Å². The molecule has 0 rings (SSSR count). The Morgan fingerprint density at radius 2 is 0.444 bits per heavy atom. The fourth-order valence-corrected chi connectivity index (χ4v) is 0. The Morgan fingerprint density at radius 1 is 0.444 bits per heavy atom. The smallest absolute Gasteiger partial charge is 1.00 e. The van der Waals surface area contributed by atoms with Crippen molar-refractivity contribution in [2.24, 2.45) is 0 Å². The fraction of sp³-hybridized carbons (Fsp3) is 0. The minimum atomic E-state index is 0. The Hall–Kier alpha value is 2.28. The second-order valence-corrected chi connectivity index (χ2v) is 0. The molecule has 0 aromatic rings. The van der Waals surface area contributed by atoms with E-state index < -0.39 is 0 Å². The van der Waals surface area contributed by atoms with Crippen molar-refractivity contribution in [1.82, 2.24) is 12.3 Å². The maximum Gasteiger partial charge on any atom is 6.00 e. The Morgan fingerprint density at radius 3 is 0.444 bits per heavy atom. The zero-order chi connectivity index (χ0) is 0. The molecule has 0 heterocycles. The standard InChI is InChI=1S/6ClH.2H3N.Ru/h6*1H;2*1H3;/q;;;;;;;;+6/p-4. The van der Waals surface area contributed by atoms with Crippen LogP contribution in [0.2, 0.25) is 0 Å². The van der Waals surface area contributed by atoms with Gasteiger partial charge >= 0.3 is 19.5 Å². The first-order valence-electron chi connectivity index (χ1n) is 0. The molecule has 0 saturated carbocycles. The summed E-state index contributed by atoms with van der Waals surface area (Å²) in [4.78, 5) is 0. The van der Waals surface area contributed by atoms with Gasteiger partial charge < -0.3 is 61.9 Å². The van der Waals surface area contributed by atoms with Crippen LogP contribution in [0, 0.1) is 0 Å².